The van der Waals surface area contributed by atoms with Crippen molar-refractivity contribution in [1.82, 2.24) is 10.1 Å². The summed E-state index contributed by atoms with van der Waals surface area (Å²) >= 11 is 1.10. The molecular weight excluding hydrogens is 331 g/mol. The maximum absolute atomic E-state index is 12.7. The molecule has 23 heavy (non-hydrogen) atoms. The fourth-order valence-electron chi connectivity index (χ4n) is 2.54. The van der Waals surface area contributed by atoms with Gasteiger partial charge in [-0.3, -0.25) is 4.79 Å². The molecule has 5 nitrogen and oxygen atoms in total. The van der Waals surface area contributed by atoms with Gasteiger partial charge in [0.15, 0.2) is 0 Å². The molecule has 0 aromatic carbocycles. The van der Waals surface area contributed by atoms with Gasteiger partial charge in [0.2, 0.25) is 5.76 Å². The Labute approximate surface area is 133 Å². The number of carbonyl (C=O) groups excluding carboxylic acids is 1. The lowest BCUT2D eigenvalue weighted by Gasteiger charge is -2.14. The lowest BCUT2D eigenvalue weighted by Crippen LogP contribution is -2.31. The number of hydrogen-bond donors (Lipinski definition) is 1. The first-order valence-electron chi connectivity index (χ1n) is 6.96. The standard InChI is InChI=1S/C14H14F3N3O2S/c1-7-11(19-22-12(7)14(15,16)17)9-2-3-10(23-9)13(21)20-5-4-8(18)6-20/h2-3,8H,4-6,18H2,1H3/t8-/m1/s1. The van der Waals surface area contributed by atoms with E-state index < -0.39 is 11.9 Å². The average molecular weight is 345 g/mol. The molecule has 1 saturated heterocycles. The quantitative estimate of drug-likeness (QED) is 0.908. The van der Waals surface area contributed by atoms with E-state index in [0.29, 0.717) is 22.8 Å². The van der Waals surface area contributed by atoms with Crippen LogP contribution in [0.25, 0.3) is 10.6 Å². The van der Waals surface area contributed by atoms with Crippen molar-refractivity contribution in [3.8, 4) is 10.6 Å². The van der Waals surface area contributed by atoms with Gasteiger partial charge in [0.25, 0.3) is 5.91 Å². The number of amides is 1. The maximum atomic E-state index is 12.7. The van der Waals surface area contributed by atoms with E-state index in [1.54, 1.807) is 17.0 Å². The van der Waals surface area contributed by atoms with Crippen LogP contribution in [0, 0.1) is 6.92 Å². The van der Waals surface area contributed by atoms with Crippen molar-refractivity contribution in [2.45, 2.75) is 25.6 Å². The zero-order chi connectivity index (χ0) is 16.8. The summed E-state index contributed by atoms with van der Waals surface area (Å²) in [6.07, 6.45) is -3.84. The fraction of sp³-hybridized carbons (Fsp3) is 0.429. The van der Waals surface area contributed by atoms with Crippen LogP contribution in [0.2, 0.25) is 0 Å². The Morgan fingerprint density at radius 2 is 2.22 bits per heavy atom. The molecule has 124 valence electrons. The molecule has 1 atom stereocenters. The largest absolute Gasteiger partial charge is 0.452 e. The van der Waals surface area contributed by atoms with Gasteiger partial charge in [0.05, 0.1) is 9.75 Å². The number of hydrogen-bond acceptors (Lipinski definition) is 5. The molecule has 3 rings (SSSR count). The first-order chi connectivity index (χ1) is 10.8. The van der Waals surface area contributed by atoms with E-state index in [4.69, 9.17) is 5.73 Å². The zero-order valence-corrected chi connectivity index (χ0v) is 13.0. The second-order valence-electron chi connectivity index (χ2n) is 5.45. The van der Waals surface area contributed by atoms with Gasteiger partial charge < -0.3 is 15.2 Å². The smallest absolute Gasteiger partial charge is 0.351 e. The van der Waals surface area contributed by atoms with E-state index in [1.807, 2.05) is 0 Å². The summed E-state index contributed by atoms with van der Waals surface area (Å²) in [5.41, 5.74) is 5.81. The Hall–Kier alpha value is -1.87. The minimum absolute atomic E-state index is 0.0227. The zero-order valence-electron chi connectivity index (χ0n) is 12.2. The number of alkyl halides is 3. The number of carbonyl (C=O) groups is 1. The first-order valence-corrected chi connectivity index (χ1v) is 7.77. The number of nitrogens with zero attached hydrogens (tertiary/aromatic N) is 2. The molecule has 2 aromatic heterocycles. The van der Waals surface area contributed by atoms with E-state index in [1.165, 1.54) is 6.92 Å². The van der Waals surface area contributed by atoms with Gasteiger partial charge >= 0.3 is 6.18 Å². The van der Waals surface area contributed by atoms with Crippen LogP contribution in [0.4, 0.5) is 13.2 Å². The number of nitrogens with two attached hydrogens (primary N) is 1. The van der Waals surface area contributed by atoms with E-state index in [2.05, 4.69) is 9.68 Å². The molecule has 1 aliphatic rings. The van der Waals surface area contributed by atoms with Crippen LogP contribution < -0.4 is 5.73 Å². The van der Waals surface area contributed by atoms with Crippen LogP contribution in [-0.2, 0) is 6.18 Å². The molecule has 0 radical (unpaired) electrons. The third-order valence-corrected chi connectivity index (χ3v) is 4.82. The second-order valence-corrected chi connectivity index (χ2v) is 6.53. The SMILES string of the molecule is Cc1c(-c2ccc(C(=O)N3CC[C@@H](N)C3)s2)noc1C(F)(F)F. The topological polar surface area (TPSA) is 72.4 Å². The molecule has 0 spiro atoms. The van der Waals surface area contributed by atoms with Gasteiger partial charge in [-0.05, 0) is 25.5 Å². The number of likely N-dealkylation sites (tertiary alicyclic amines) is 1. The molecule has 0 bridgehead atoms. The summed E-state index contributed by atoms with van der Waals surface area (Å²) in [7, 11) is 0. The van der Waals surface area contributed by atoms with Crippen molar-refractivity contribution in [2.24, 2.45) is 5.73 Å². The van der Waals surface area contributed by atoms with Crippen LogP contribution >= 0.6 is 11.3 Å². The summed E-state index contributed by atoms with van der Waals surface area (Å²) in [6, 6.07) is 3.15. The van der Waals surface area contributed by atoms with Crippen molar-refractivity contribution in [2.75, 3.05) is 13.1 Å². The Bertz CT molecular complexity index is 738. The van der Waals surface area contributed by atoms with Gasteiger partial charge in [-0.25, -0.2) is 0 Å². The van der Waals surface area contributed by atoms with Crippen molar-refractivity contribution in [3.05, 3.63) is 28.3 Å². The molecule has 1 fully saturated rings. The highest BCUT2D eigenvalue weighted by atomic mass is 32.1. The van der Waals surface area contributed by atoms with E-state index >= 15 is 0 Å². The minimum atomic E-state index is -4.59. The molecule has 2 N–H and O–H groups in total. The lowest BCUT2D eigenvalue weighted by molar-refractivity contribution is -0.156. The van der Waals surface area contributed by atoms with E-state index in [0.717, 1.165) is 17.8 Å². The normalized spacial score (nSPS) is 18.7. The van der Waals surface area contributed by atoms with Crippen molar-refractivity contribution in [1.29, 1.82) is 0 Å². The van der Waals surface area contributed by atoms with Crippen LogP contribution in [0.1, 0.15) is 27.4 Å². The molecule has 2 aromatic rings. The van der Waals surface area contributed by atoms with Crippen LogP contribution in [0.15, 0.2) is 16.7 Å². The van der Waals surface area contributed by atoms with Gasteiger partial charge in [-0.2, -0.15) is 13.2 Å². The van der Waals surface area contributed by atoms with Crippen LogP contribution in [0.3, 0.4) is 0 Å². The molecule has 9 heteroatoms. The molecular formula is C14H14F3N3O2S. The average Bonchev–Trinajstić information content (AvgIpc) is 3.15. The fourth-order valence-corrected chi connectivity index (χ4v) is 3.55. The maximum Gasteiger partial charge on any atom is 0.452 e. The van der Waals surface area contributed by atoms with Crippen LogP contribution in [-0.4, -0.2) is 35.1 Å². The third-order valence-electron chi connectivity index (χ3n) is 3.74. The Balaban J connectivity index is 1.85. The summed E-state index contributed by atoms with van der Waals surface area (Å²) in [6.45, 7) is 2.39. The Morgan fingerprint density at radius 3 is 2.78 bits per heavy atom. The summed E-state index contributed by atoms with van der Waals surface area (Å²) < 4.78 is 42.7. The van der Waals surface area contributed by atoms with Gasteiger partial charge in [0.1, 0.15) is 5.69 Å². The van der Waals surface area contributed by atoms with E-state index in [-0.39, 0.29) is 23.2 Å². The summed E-state index contributed by atoms with van der Waals surface area (Å²) in [5, 5.41) is 3.51. The van der Waals surface area contributed by atoms with Crippen molar-refractivity contribution in [3.63, 3.8) is 0 Å². The number of thiophene rings is 1. The number of halogens is 3. The summed E-state index contributed by atoms with van der Waals surface area (Å²) in [5.74, 6) is -1.27. The number of aromatic nitrogens is 1. The van der Waals surface area contributed by atoms with Gasteiger partial charge in [-0.15, -0.1) is 11.3 Å². The van der Waals surface area contributed by atoms with Crippen molar-refractivity contribution >= 4 is 17.2 Å². The Morgan fingerprint density at radius 1 is 1.48 bits per heavy atom. The molecule has 0 saturated carbocycles. The first kappa shape index (κ1) is 16.0. The molecule has 0 aliphatic carbocycles. The minimum Gasteiger partial charge on any atom is -0.351 e. The highest BCUT2D eigenvalue weighted by molar-refractivity contribution is 7.17. The molecule has 1 aliphatic heterocycles. The molecule has 3 heterocycles. The second kappa shape index (κ2) is 5.64. The third kappa shape index (κ3) is 2.98. The summed E-state index contributed by atoms with van der Waals surface area (Å²) in [4.78, 5) is 14.9. The highest BCUT2D eigenvalue weighted by Gasteiger charge is 2.39. The molecule has 0 unspecified atom stereocenters. The Kier molecular flexibility index (Phi) is 3.93. The predicted molar refractivity (Wildman–Crippen MR) is 78.1 cm³/mol. The van der Waals surface area contributed by atoms with Gasteiger partial charge in [0, 0.05) is 24.7 Å². The van der Waals surface area contributed by atoms with Gasteiger partial charge in [-0.1, -0.05) is 5.16 Å². The number of rotatable bonds is 2. The van der Waals surface area contributed by atoms with E-state index in [9.17, 15) is 18.0 Å². The highest BCUT2D eigenvalue weighted by Crippen LogP contribution is 2.38. The lowest BCUT2D eigenvalue weighted by atomic mass is 10.2. The van der Waals surface area contributed by atoms with Crippen molar-refractivity contribution < 1.29 is 22.5 Å². The molecule has 1 amide bonds. The monoisotopic (exact) mass is 345 g/mol. The predicted octanol–water partition coefficient (Wildman–Crippen LogP) is 2.90. The van der Waals surface area contributed by atoms with Crippen LogP contribution in [0.5, 0.6) is 0 Å².